The molecule has 0 bridgehead atoms. The van der Waals surface area contributed by atoms with Crippen LogP contribution in [0.4, 0.5) is 0 Å². The van der Waals surface area contributed by atoms with E-state index >= 15 is 0 Å². The lowest BCUT2D eigenvalue weighted by Crippen LogP contribution is -2.51. The molecule has 1 saturated carbocycles. The molecule has 3 rings (SSSR count). The van der Waals surface area contributed by atoms with Gasteiger partial charge in [0.25, 0.3) is 10.7 Å². The van der Waals surface area contributed by atoms with Crippen LogP contribution in [0.5, 0.6) is 0 Å². The zero-order chi connectivity index (χ0) is 26.2. The summed E-state index contributed by atoms with van der Waals surface area (Å²) in [6.45, 7) is 5.32. The average Bonchev–Trinajstić information content (AvgIpc) is 3.22. The predicted molar refractivity (Wildman–Crippen MR) is 140 cm³/mol. The summed E-state index contributed by atoms with van der Waals surface area (Å²) in [6, 6.07) is 8.16. The van der Waals surface area contributed by atoms with Gasteiger partial charge in [0.05, 0.1) is 18.5 Å². The van der Waals surface area contributed by atoms with Gasteiger partial charge in [-0.05, 0) is 63.6 Å². The number of nitrogens with one attached hydrogen (secondary N) is 2. The number of aliphatic hydroxyl groups is 1. The Morgan fingerprint density at radius 3 is 2.58 bits per heavy atom. The SMILES string of the molecule is CC(C)CC(NC(=O)[C@@H]1CCCC[C@@H]1NC(=O)c1ccccc1)C(O)c1nn(CCN(C)C)c(=S)o1. The molecule has 9 nitrogen and oxygen atoms in total. The van der Waals surface area contributed by atoms with Gasteiger partial charge in [-0.25, -0.2) is 4.68 Å². The largest absolute Gasteiger partial charge is 0.411 e. The van der Waals surface area contributed by atoms with Gasteiger partial charge in [0.15, 0.2) is 6.10 Å². The van der Waals surface area contributed by atoms with Crippen LogP contribution < -0.4 is 10.6 Å². The first-order chi connectivity index (χ1) is 17.2. The van der Waals surface area contributed by atoms with E-state index in [0.717, 1.165) is 25.8 Å². The molecule has 0 spiro atoms. The monoisotopic (exact) mass is 517 g/mol. The summed E-state index contributed by atoms with van der Waals surface area (Å²) in [4.78, 5) is 28.4. The lowest BCUT2D eigenvalue weighted by molar-refractivity contribution is -0.128. The number of aliphatic hydroxyl groups excluding tert-OH is 1. The second-order valence-corrected chi connectivity index (χ2v) is 10.6. The number of carbonyl (C=O) groups excluding carboxylic acids is 2. The maximum absolute atomic E-state index is 13.4. The van der Waals surface area contributed by atoms with E-state index < -0.39 is 12.1 Å². The van der Waals surface area contributed by atoms with Crippen molar-refractivity contribution < 1.29 is 19.1 Å². The molecule has 1 heterocycles. The van der Waals surface area contributed by atoms with E-state index in [2.05, 4.69) is 15.7 Å². The van der Waals surface area contributed by atoms with Crippen LogP contribution >= 0.6 is 12.2 Å². The highest BCUT2D eigenvalue weighted by Gasteiger charge is 2.35. The number of nitrogens with zero attached hydrogens (tertiary/aromatic N) is 3. The van der Waals surface area contributed by atoms with Crippen molar-refractivity contribution in [3.05, 3.63) is 46.6 Å². The van der Waals surface area contributed by atoms with Crippen LogP contribution in [-0.2, 0) is 11.3 Å². The van der Waals surface area contributed by atoms with Crippen LogP contribution in [-0.4, -0.2) is 64.3 Å². The molecule has 1 aliphatic rings. The highest BCUT2D eigenvalue weighted by atomic mass is 32.1. The molecular formula is C26H39N5O4S. The van der Waals surface area contributed by atoms with E-state index in [-0.39, 0.29) is 40.4 Å². The molecule has 10 heteroatoms. The van der Waals surface area contributed by atoms with Crippen LogP contribution in [0.2, 0.25) is 0 Å². The molecule has 3 N–H and O–H groups in total. The minimum atomic E-state index is -1.14. The first kappa shape index (κ1) is 28.0. The number of hydrogen-bond acceptors (Lipinski definition) is 7. The number of amides is 2. The first-order valence-electron chi connectivity index (χ1n) is 12.7. The topological polar surface area (TPSA) is 113 Å². The molecule has 0 saturated heterocycles. The summed E-state index contributed by atoms with van der Waals surface area (Å²) in [5, 5.41) is 21.6. The van der Waals surface area contributed by atoms with Crippen LogP contribution in [0.15, 0.2) is 34.7 Å². The quantitative estimate of drug-likeness (QED) is 0.392. The standard InChI is InChI=1S/C26H39N5O4S/c1-17(2)16-21(22(32)25-29-31(26(36)35-25)15-14-30(3)4)28-24(34)19-12-8-9-13-20(19)27-23(33)18-10-6-5-7-11-18/h5-7,10-11,17,19-22,32H,8-9,12-16H2,1-4H3,(H,27,33)(H,28,34)/t19-,20+,21?,22?/m1/s1. The Kier molecular flexibility index (Phi) is 10.2. The Hall–Kier alpha value is -2.56. The Labute approximate surface area is 218 Å². The third kappa shape index (κ3) is 7.72. The van der Waals surface area contributed by atoms with Crippen molar-refractivity contribution in [1.82, 2.24) is 25.3 Å². The number of aromatic nitrogens is 2. The summed E-state index contributed by atoms with van der Waals surface area (Å²) in [5.41, 5.74) is 0.571. The maximum Gasteiger partial charge on any atom is 0.287 e. The van der Waals surface area contributed by atoms with Gasteiger partial charge in [0.1, 0.15) is 0 Å². The van der Waals surface area contributed by atoms with Gasteiger partial charge in [-0.15, -0.1) is 5.10 Å². The van der Waals surface area contributed by atoms with Gasteiger partial charge in [0, 0.05) is 18.2 Å². The highest BCUT2D eigenvalue weighted by Crippen LogP contribution is 2.27. The molecule has 0 aliphatic heterocycles. The number of likely N-dealkylation sites (N-methyl/N-ethyl adjacent to an activating group) is 1. The van der Waals surface area contributed by atoms with E-state index in [4.69, 9.17) is 16.6 Å². The van der Waals surface area contributed by atoms with Crippen molar-refractivity contribution >= 4 is 24.0 Å². The molecule has 2 amide bonds. The molecular weight excluding hydrogens is 478 g/mol. The molecule has 36 heavy (non-hydrogen) atoms. The molecule has 1 aliphatic carbocycles. The van der Waals surface area contributed by atoms with Crippen molar-refractivity contribution in [2.45, 2.75) is 70.7 Å². The number of benzene rings is 1. The zero-order valence-electron chi connectivity index (χ0n) is 21.6. The highest BCUT2D eigenvalue weighted by molar-refractivity contribution is 7.71. The average molecular weight is 518 g/mol. The van der Waals surface area contributed by atoms with Crippen LogP contribution in [0, 0.1) is 16.7 Å². The van der Waals surface area contributed by atoms with Crippen LogP contribution in [0.1, 0.15) is 68.3 Å². The smallest absolute Gasteiger partial charge is 0.287 e. The molecule has 1 aromatic carbocycles. The Morgan fingerprint density at radius 2 is 1.92 bits per heavy atom. The van der Waals surface area contributed by atoms with Gasteiger partial charge in [-0.3, -0.25) is 9.59 Å². The Bertz CT molecular complexity index is 1050. The van der Waals surface area contributed by atoms with Crippen LogP contribution in [0.25, 0.3) is 0 Å². The molecule has 1 aromatic heterocycles. The summed E-state index contributed by atoms with van der Waals surface area (Å²) < 4.78 is 7.16. The van der Waals surface area contributed by atoms with E-state index in [1.54, 1.807) is 16.8 Å². The molecule has 4 atom stereocenters. The van der Waals surface area contributed by atoms with Gasteiger partial charge in [-0.1, -0.05) is 44.9 Å². The summed E-state index contributed by atoms with van der Waals surface area (Å²) in [7, 11) is 3.91. The third-order valence-electron chi connectivity index (χ3n) is 6.52. The lowest BCUT2D eigenvalue weighted by Gasteiger charge is -2.33. The summed E-state index contributed by atoms with van der Waals surface area (Å²) in [6.07, 6.45) is 2.67. The Morgan fingerprint density at radius 1 is 1.22 bits per heavy atom. The second-order valence-electron chi connectivity index (χ2n) is 10.3. The van der Waals surface area contributed by atoms with Crippen molar-refractivity contribution in [1.29, 1.82) is 0 Å². The minimum Gasteiger partial charge on any atom is -0.411 e. The van der Waals surface area contributed by atoms with Gasteiger partial charge in [-0.2, -0.15) is 0 Å². The van der Waals surface area contributed by atoms with Gasteiger partial charge < -0.3 is 25.1 Å². The van der Waals surface area contributed by atoms with Crippen molar-refractivity contribution in [2.24, 2.45) is 11.8 Å². The predicted octanol–water partition coefficient (Wildman–Crippen LogP) is 3.32. The van der Waals surface area contributed by atoms with Crippen molar-refractivity contribution in [3.8, 4) is 0 Å². The number of carbonyl (C=O) groups is 2. The fourth-order valence-corrected chi connectivity index (χ4v) is 4.79. The van der Waals surface area contributed by atoms with Crippen LogP contribution in [0.3, 0.4) is 0 Å². The number of rotatable bonds is 11. The fourth-order valence-electron chi connectivity index (χ4n) is 4.57. The van der Waals surface area contributed by atoms with Crippen molar-refractivity contribution in [3.63, 3.8) is 0 Å². The molecule has 1 fully saturated rings. The summed E-state index contributed by atoms with van der Waals surface area (Å²) >= 11 is 5.28. The minimum absolute atomic E-state index is 0.0993. The Balaban J connectivity index is 1.72. The molecule has 2 unspecified atom stereocenters. The van der Waals surface area contributed by atoms with E-state index in [1.807, 2.05) is 51.0 Å². The summed E-state index contributed by atoms with van der Waals surface area (Å²) in [5.74, 6) is -0.425. The normalized spacial score (nSPS) is 19.8. The first-order valence-corrected chi connectivity index (χ1v) is 13.1. The van der Waals surface area contributed by atoms with E-state index in [1.165, 1.54) is 0 Å². The second kappa shape index (κ2) is 13.1. The number of hydrogen-bond donors (Lipinski definition) is 3. The molecule has 0 radical (unpaired) electrons. The van der Waals surface area contributed by atoms with Gasteiger partial charge >= 0.3 is 0 Å². The van der Waals surface area contributed by atoms with E-state index in [9.17, 15) is 14.7 Å². The molecule has 2 aromatic rings. The molecule has 198 valence electrons. The fraction of sp³-hybridized carbons (Fsp3) is 0.615. The van der Waals surface area contributed by atoms with Crippen molar-refractivity contribution in [2.75, 3.05) is 20.6 Å². The van der Waals surface area contributed by atoms with E-state index in [0.29, 0.717) is 24.9 Å². The maximum atomic E-state index is 13.4. The zero-order valence-corrected chi connectivity index (χ0v) is 22.5. The third-order valence-corrected chi connectivity index (χ3v) is 6.82. The lowest BCUT2D eigenvalue weighted by atomic mass is 9.83. The van der Waals surface area contributed by atoms with Gasteiger partial charge in [0.2, 0.25) is 11.8 Å².